The van der Waals surface area contributed by atoms with E-state index in [0.717, 1.165) is 11.5 Å². The first-order valence-corrected chi connectivity index (χ1v) is 10.6. The molecule has 4 rings (SSSR count). The molecule has 0 atom stereocenters. The maximum atomic E-state index is 12.1. The number of aromatic nitrogens is 3. The van der Waals surface area contributed by atoms with Gasteiger partial charge < -0.3 is 4.74 Å². The lowest BCUT2D eigenvalue weighted by Crippen LogP contribution is -2.25. The van der Waals surface area contributed by atoms with Crippen molar-refractivity contribution in [3.05, 3.63) is 47.8 Å². The number of nitrogens with zero attached hydrogens (tertiary/aromatic N) is 3. The lowest BCUT2D eigenvalue weighted by molar-refractivity contribution is -0.151. The van der Waals surface area contributed by atoms with Crippen LogP contribution in [0.2, 0.25) is 0 Å². The first-order valence-electron chi connectivity index (χ1n) is 9.62. The molecule has 0 radical (unpaired) electrons. The van der Waals surface area contributed by atoms with Crippen molar-refractivity contribution < 1.29 is 9.53 Å². The van der Waals surface area contributed by atoms with Gasteiger partial charge in [0.05, 0.1) is 11.4 Å². The second-order valence-electron chi connectivity index (χ2n) is 8.23. The van der Waals surface area contributed by atoms with Crippen LogP contribution in [0, 0.1) is 6.92 Å². The van der Waals surface area contributed by atoms with Crippen molar-refractivity contribution >= 4 is 28.5 Å². The number of carbonyl (C=O) groups excluding carboxylic acids is 1. The first-order chi connectivity index (χ1) is 13.3. The van der Waals surface area contributed by atoms with Crippen molar-refractivity contribution in [1.82, 2.24) is 14.8 Å². The smallest absolute Gasteiger partial charge is 0.316 e. The van der Waals surface area contributed by atoms with Crippen molar-refractivity contribution in [2.45, 2.75) is 57.2 Å². The zero-order valence-corrected chi connectivity index (χ0v) is 17.5. The topological polar surface area (TPSA) is 57.0 Å². The van der Waals surface area contributed by atoms with Gasteiger partial charge in [-0.05, 0) is 63.5 Å². The summed E-state index contributed by atoms with van der Waals surface area (Å²) in [5.41, 5.74) is 1.98. The van der Waals surface area contributed by atoms with Crippen LogP contribution in [-0.4, -0.2) is 32.1 Å². The van der Waals surface area contributed by atoms with E-state index in [0.29, 0.717) is 11.1 Å². The van der Waals surface area contributed by atoms with Gasteiger partial charge in [-0.3, -0.25) is 9.36 Å². The molecular formula is C22H25N3O2S. The summed E-state index contributed by atoms with van der Waals surface area (Å²) >= 11 is 1.36. The molecule has 0 spiro atoms. The summed E-state index contributed by atoms with van der Waals surface area (Å²) in [5, 5.41) is 11.7. The fourth-order valence-corrected chi connectivity index (χ4v) is 4.22. The van der Waals surface area contributed by atoms with Gasteiger partial charge in [-0.2, -0.15) is 0 Å². The molecule has 1 heterocycles. The maximum Gasteiger partial charge on any atom is 0.316 e. The Balaban J connectivity index is 1.68. The Kier molecular flexibility index (Phi) is 4.91. The van der Waals surface area contributed by atoms with E-state index in [4.69, 9.17) is 4.74 Å². The Hall–Kier alpha value is -2.34. The summed E-state index contributed by atoms with van der Waals surface area (Å²) in [6, 6.07) is 12.9. The number of hydrogen-bond acceptors (Lipinski definition) is 5. The van der Waals surface area contributed by atoms with E-state index < -0.39 is 5.60 Å². The van der Waals surface area contributed by atoms with Gasteiger partial charge in [-0.25, -0.2) is 0 Å². The van der Waals surface area contributed by atoms with Crippen LogP contribution in [0.25, 0.3) is 16.5 Å². The second kappa shape index (κ2) is 7.24. The highest BCUT2D eigenvalue weighted by molar-refractivity contribution is 7.99. The average molecular weight is 396 g/mol. The number of rotatable bonds is 5. The minimum Gasteiger partial charge on any atom is -0.459 e. The minimum absolute atomic E-state index is 0.202. The summed E-state index contributed by atoms with van der Waals surface area (Å²) in [6.45, 7) is 7.55. The van der Waals surface area contributed by atoms with E-state index in [1.807, 2.05) is 32.3 Å². The van der Waals surface area contributed by atoms with Crippen molar-refractivity contribution in [2.24, 2.45) is 0 Å². The third-order valence-corrected chi connectivity index (χ3v) is 5.63. The molecule has 5 nitrogen and oxygen atoms in total. The molecule has 0 bridgehead atoms. The number of fused-ring (bicyclic) bond motifs is 1. The summed E-state index contributed by atoms with van der Waals surface area (Å²) in [4.78, 5) is 12.1. The molecule has 0 amide bonds. The number of benzene rings is 2. The van der Waals surface area contributed by atoms with Crippen molar-refractivity contribution in [1.29, 1.82) is 0 Å². The Morgan fingerprint density at radius 3 is 2.54 bits per heavy atom. The van der Waals surface area contributed by atoms with Crippen LogP contribution in [0.5, 0.6) is 0 Å². The van der Waals surface area contributed by atoms with E-state index in [2.05, 4.69) is 46.6 Å². The maximum absolute atomic E-state index is 12.1. The molecule has 0 saturated heterocycles. The predicted octanol–water partition coefficient (Wildman–Crippen LogP) is 5.04. The lowest BCUT2D eigenvalue weighted by atomic mass is 9.99. The second-order valence-corrected chi connectivity index (χ2v) is 9.18. The predicted molar refractivity (Wildman–Crippen MR) is 112 cm³/mol. The normalized spacial score (nSPS) is 14.4. The Morgan fingerprint density at radius 2 is 1.86 bits per heavy atom. The van der Waals surface area contributed by atoms with E-state index in [1.54, 1.807) is 0 Å². The molecule has 6 heteroatoms. The summed E-state index contributed by atoms with van der Waals surface area (Å²) in [5.74, 6) is 1.43. The van der Waals surface area contributed by atoms with Gasteiger partial charge in [-0.1, -0.05) is 42.1 Å². The lowest BCUT2D eigenvalue weighted by Gasteiger charge is -2.19. The fourth-order valence-electron chi connectivity index (χ4n) is 3.46. The average Bonchev–Trinajstić information content (AvgIpc) is 3.41. The quantitative estimate of drug-likeness (QED) is 0.447. The molecule has 0 N–H and O–H groups in total. The van der Waals surface area contributed by atoms with E-state index in [9.17, 15) is 4.79 Å². The Bertz CT molecular complexity index is 1030. The van der Waals surface area contributed by atoms with Crippen LogP contribution in [0.3, 0.4) is 0 Å². The Labute approximate surface area is 169 Å². The third kappa shape index (κ3) is 3.92. The summed E-state index contributed by atoms with van der Waals surface area (Å²) in [6.07, 6.45) is 2.54. The third-order valence-electron chi connectivity index (χ3n) is 4.73. The number of carbonyl (C=O) groups is 1. The van der Waals surface area contributed by atoms with E-state index >= 15 is 0 Å². The number of hydrogen-bond donors (Lipinski definition) is 0. The molecule has 1 fully saturated rings. The zero-order valence-electron chi connectivity index (χ0n) is 16.7. The highest BCUT2D eigenvalue weighted by Gasteiger charge is 2.26. The molecule has 1 aromatic heterocycles. The highest BCUT2D eigenvalue weighted by Crippen LogP contribution is 2.44. The van der Waals surface area contributed by atoms with Gasteiger partial charge in [0.2, 0.25) is 0 Å². The van der Waals surface area contributed by atoms with Crippen molar-refractivity contribution in [3.63, 3.8) is 0 Å². The molecule has 1 aliphatic carbocycles. The van der Waals surface area contributed by atoms with Crippen LogP contribution in [0.4, 0.5) is 0 Å². The first kappa shape index (κ1) is 19.0. The molecule has 146 valence electrons. The summed E-state index contributed by atoms with van der Waals surface area (Å²) < 4.78 is 7.45. The van der Waals surface area contributed by atoms with E-state index in [1.165, 1.54) is 40.9 Å². The summed E-state index contributed by atoms with van der Waals surface area (Å²) in [7, 11) is 0. The SMILES string of the molecule is Cc1nnc(SCC(=O)OC(C)(C)C)n1-c1ccc(C2CC2)c2ccccc12. The van der Waals surface area contributed by atoms with Gasteiger partial charge in [0.25, 0.3) is 0 Å². The van der Waals surface area contributed by atoms with E-state index in [-0.39, 0.29) is 11.7 Å². The van der Waals surface area contributed by atoms with Crippen LogP contribution < -0.4 is 0 Å². The molecule has 1 saturated carbocycles. The molecular weight excluding hydrogens is 370 g/mol. The van der Waals surface area contributed by atoms with Gasteiger partial charge in [0, 0.05) is 5.39 Å². The Morgan fingerprint density at radius 1 is 1.14 bits per heavy atom. The fraction of sp³-hybridized carbons (Fsp3) is 0.409. The molecule has 28 heavy (non-hydrogen) atoms. The number of ether oxygens (including phenoxy) is 1. The number of aryl methyl sites for hydroxylation is 1. The van der Waals surface area contributed by atoms with Gasteiger partial charge in [0.15, 0.2) is 5.16 Å². The highest BCUT2D eigenvalue weighted by atomic mass is 32.2. The largest absolute Gasteiger partial charge is 0.459 e. The van der Waals surface area contributed by atoms with Crippen LogP contribution in [-0.2, 0) is 9.53 Å². The molecule has 0 aliphatic heterocycles. The van der Waals surface area contributed by atoms with Crippen LogP contribution in [0.15, 0.2) is 41.6 Å². The van der Waals surface area contributed by atoms with Crippen LogP contribution in [0.1, 0.15) is 50.9 Å². The van der Waals surface area contributed by atoms with Gasteiger partial charge in [0.1, 0.15) is 11.4 Å². The molecule has 2 aromatic carbocycles. The minimum atomic E-state index is -0.490. The van der Waals surface area contributed by atoms with Gasteiger partial charge >= 0.3 is 5.97 Å². The molecule has 3 aromatic rings. The number of thioether (sulfide) groups is 1. The standard InChI is InChI=1S/C22H25N3O2S/c1-14-23-24-21(28-13-20(26)27-22(2,3)4)25(14)19-12-11-16(15-9-10-15)17-7-5-6-8-18(17)19/h5-8,11-12,15H,9-10,13H2,1-4H3. The van der Waals surface area contributed by atoms with Crippen molar-refractivity contribution in [3.8, 4) is 5.69 Å². The molecule has 0 unspecified atom stereocenters. The van der Waals surface area contributed by atoms with Crippen LogP contribution >= 0.6 is 11.8 Å². The van der Waals surface area contributed by atoms with Gasteiger partial charge in [-0.15, -0.1) is 10.2 Å². The number of esters is 1. The zero-order chi connectivity index (χ0) is 19.9. The molecule has 1 aliphatic rings. The monoisotopic (exact) mass is 395 g/mol. The van der Waals surface area contributed by atoms with Crippen molar-refractivity contribution in [2.75, 3.05) is 5.75 Å².